The highest BCUT2D eigenvalue weighted by Gasteiger charge is 2.35. The summed E-state index contributed by atoms with van der Waals surface area (Å²) in [6.45, 7) is 0.732. The average molecular weight is 492 g/mol. The van der Waals surface area contributed by atoms with Gasteiger partial charge in [-0.15, -0.1) is 0 Å². The van der Waals surface area contributed by atoms with Crippen molar-refractivity contribution in [3.63, 3.8) is 0 Å². The van der Waals surface area contributed by atoms with Crippen LogP contribution in [0, 0.1) is 11.7 Å². The molecule has 8 nitrogen and oxygen atoms in total. The van der Waals surface area contributed by atoms with E-state index in [2.05, 4.69) is 4.72 Å². The first-order chi connectivity index (χ1) is 16.1. The summed E-state index contributed by atoms with van der Waals surface area (Å²) in [6, 6.07) is 15.3. The number of ether oxygens (including phenoxy) is 1. The highest BCUT2D eigenvalue weighted by Crippen LogP contribution is 2.27. The van der Waals surface area contributed by atoms with E-state index in [1.165, 1.54) is 24.3 Å². The van der Waals surface area contributed by atoms with Gasteiger partial charge < -0.3 is 14.5 Å². The number of nitrogens with zero attached hydrogens (tertiary/aromatic N) is 2. The Kier molecular flexibility index (Phi) is 8.62. The van der Waals surface area contributed by atoms with Gasteiger partial charge in [0.05, 0.1) is 12.8 Å². The molecule has 2 amide bonds. The minimum absolute atomic E-state index is 0.0925. The number of sulfonamides is 1. The SMILES string of the molecule is CN(Cc1ccccc1)C(=O)C[C@H]1CN(C(=O)CNS(C)(=O)=O)CC[C@@H]1Oc1ccc(F)cc1. The van der Waals surface area contributed by atoms with E-state index < -0.39 is 10.0 Å². The summed E-state index contributed by atoms with van der Waals surface area (Å²) in [7, 11) is -1.77. The van der Waals surface area contributed by atoms with Crippen molar-refractivity contribution in [2.45, 2.75) is 25.5 Å². The van der Waals surface area contributed by atoms with Crippen LogP contribution in [0.5, 0.6) is 5.75 Å². The van der Waals surface area contributed by atoms with E-state index >= 15 is 0 Å². The Balaban J connectivity index is 1.69. The number of carbonyl (C=O) groups is 2. The van der Waals surface area contributed by atoms with Crippen LogP contribution in [0.4, 0.5) is 4.39 Å². The van der Waals surface area contributed by atoms with Crippen molar-refractivity contribution in [3.8, 4) is 5.75 Å². The minimum atomic E-state index is -3.50. The van der Waals surface area contributed by atoms with E-state index in [9.17, 15) is 22.4 Å². The number of hydrogen-bond donors (Lipinski definition) is 1. The number of halogens is 1. The lowest BCUT2D eigenvalue weighted by Crippen LogP contribution is -2.51. The zero-order valence-electron chi connectivity index (χ0n) is 19.3. The molecule has 1 fully saturated rings. The standard InChI is InChI=1S/C24H30FN3O5S/c1-27(16-18-6-4-3-5-7-18)23(29)14-19-17-28(24(30)15-26-34(2,31)32)13-12-22(19)33-21-10-8-20(25)9-11-21/h3-11,19,22,26H,12-17H2,1-2H3/t19-,22-/m0/s1. The van der Waals surface area contributed by atoms with Gasteiger partial charge >= 0.3 is 0 Å². The maximum Gasteiger partial charge on any atom is 0.237 e. The first-order valence-electron chi connectivity index (χ1n) is 11.0. The third-order valence-corrected chi connectivity index (χ3v) is 6.40. The Bertz CT molecular complexity index is 1080. The van der Waals surface area contributed by atoms with E-state index in [0.29, 0.717) is 25.3 Å². The number of carbonyl (C=O) groups excluding carboxylic acids is 2. The maximum atomic E-state index is 13.3. The molecule has 2 aromatic rings. The molecule has 184 valence electrons. The third kappa shape index (κ3) is 7.81. The molecule has 1 heterocycles. The van der Waals surface area contributed by atoms with Crippen LogP contribution >= 0.6 is 0 Å². The molecule has 0 aliphatic carbocycles. The first kappa shape index (κ1) is 25.6. The van der Waals surface area contributed by atoms with Gasteiger partial charge in [0.1, 0.15) is 17.7 Å². The summed E-state index contributed by atoms with van der Waals surface area (Å²) in [5.41, 5.74) is 1.00. The molecule has 2 atom stereocenters. The third-order valence-electron chi connectivity index (χ3n) is 5.73. The predicted octanol–water partition coefficient (Wildman–Crippen LogP) is 2.02. The topological polar surface area (TPSA) is 96.0 Å². The fourth-order valence-corrected chi connectivity index (χ4v) is 4.29. The number of likely N-dealkylation sites (tertiary alicyclic amines) is 1. The van der Waals surface area contributed by atoms with E-state index in [-0.39, 0.29) is 49.2 Å². The van der Waals surface area contributed by atoms with Gasteiger partial charge in [0.25, 0.3) is 0 Å². The van der Waals surface area contributed by atoms with Gasteiger partial charge in [-0.05, 0) is 29.8 Å². The van der Waals surface area contributed by atoms with Crippen LogP contribution in [0.25, 0.3) is 0 Å². The highest BCUT2D eigenvalue weighted by molar-refractivity contribution is 7.88. The van der Waals surface area contributed by atoms with Crippen molar-refractivity contribution in [3.05, 3.63) is 66.0 Å². The Labute approximate surface area is 199 Å². The minimum Gasteiger partial charge on any atom is -0.490 e. The van der Waals surface area contributed by atoms with Gasteiger partial charge in [0.2, 0.25) is 21.8 Å². The van der Waals surface area contributed by atoms with Crippen molar-refractivity contribution in [1.82, 2.24) is 14.5 Å². The number of rotatable bonds is 9. The van der Waals surface area contributed by atoms with Gasteiger partial charge in [-0.3, -0.25) is 9.59 Å². The molecule has 3 rings (SSSR count). The summed E-state index contributed by atoms with van der Waals surface area (Å²) >= 11 is 0. The molecule has 34 heavy (non-hydrogen) atoms. The second kappa shape index (κ2) is 11.4. The fraction of sp³-hybridized carbons (Fsp3) is 0.417. The molecular weight excluding hydrogens is 461 g/mol. The van der Waals surface area contributed by atoms with Gasteiger partial charge in [-0.25, -0.2) is 17.5 Å². The summed E-state index contributed by atoms with van der Waals surface area (Å²) in [5, 5.41) is 0. The van der Waals surface area contributed by atoms with E-state index in [1.807, 2.05) is 30.3 Å². The summed E-state index contributed by atoms with van der Waals surface area (Å²) in [5.74, 6) is -0.655. The van der Waals surface area contributed by atoms with Crippen LogP contribution in [0.15, 0.2) is 54.6 Å². The molecule has 1 saturated heterocycles. The first-order valence-corrected chi connectivity index (χ1v) is 12.9. The number of benzene rings is 2. The Morgan fingerprint density at radius 2 is 1.82 bits per heavy atom. The zero-order valence-corrected chi connectivity index (χ0v) is 20.1. The summed E-state index contributed by atoms with van der Waals surface area (Å²) in [4.78, 5) is 28.8. The molecule has 0 spiro atoms. The molecular formula is C24H30FN3O5S. The molecule has 0 saturated carbocycles. The van der Waals surface area contributed by atoms with E-state index in [4.69, 9.17) is 4.74 Å². The highest BCUT2D eigenvalue weighted by atomic mass is 32.2. The van der Waals surface area contributed by atoms with Crippen LogP contribution in [0.2, 0.25) is 0 Å². The lowest BCUT2D eigenvalue weighted by atomic mass is 9.90. The molecule has 1 aliphatic heterocycles. The monoisotopic (exact) mass is 491 g/mol. The number of hydrogen-bond acceptors (Lipinski definition) is 5. The molecule has 2 aromatic carbocycles. The molecule has 0 bridgehead atoms. The van der Waals surface area contributed by atoms with Crippen molar-refractivity contribution >= 4 is 21.8 Å². The predicted molar refractivity (Wildman–Crippen MR) is 126 cm³/mol. The van der Waals surface area contributed by atoms with Crippen molar-refractivity contribution in [2.75, 3.05) is 32.9 Å². The maximum absolute atomic E-state index is 13.3. The Morgan fingerprint density at radius 1 is 1.15 bits per heavy atom. The lowest BCUT2D eigenvalue weighted by Gasteiger charge is -2.39. The summed E-state index contributed by atoms with van der Waals surface area (Å²) < 4.78 is 44.3. The van der Waals surface area contributed by atoms with Crippen LogP contribution in [-0.2, 0) is 26.2 Å². The normalized spacial score (nSPS) is 18.4. The van der Waals surface area contributed by atoms with Crippen molar-refractivity contribution in [2.24, 2.45) is 5.92 Å². The zero-order chi connectivity index (χ0) is 24.7. The fourth-order valence-electron chi connectivity index (χ4n) is 3.91. The molecule has 1 aliphatic rings. The Hall–Kier alpha value is -2.98. The molecule has 1 N–H and O–H groups in total. The van der Waals surface area contributed by atoms with Crippen LogP contribution in [0.1, 0.15) is 18.4 Å². The van der Waals surface area contributed by atoms with Gasteiger partial charge in [0, 0.05) is 45.4 Å². The quantitative estimate of drug-likeness (QED) is 0.579. The smallest absolute Gasteiger partial charge is 0.237 e. The van der Waals surface area contributed by atoms with Gasteiger partial charge in [0.15, 0.2) is 0 Å². The molecule has 0 radical (unpaired) electrons. The molecule has 0 unspecified atom stereocenters. The van der Waals surface area contributed by atoms with Gasteiger partial charge in [-0.2, -0.15) is 0 Å². The van der Waals surface area contributed by atoms with Crippen molar-refractivity contribution < 1.29 is 27.1 Å². The number of piperidine rings is 1. The van der Waals surface area contributed by atoms with Crippen molar-refractivity contribution in [1.29, 1.82) is 0 Å². The molecule has 10 heteroatoms. The van der Waals surface area contributed by atoms with Crippen LogP contribution in [0.3, 0.4) is 0 Å². The molecule has 0 aromatic heterocycles. The number of amides is 2. The largest absolute Gasteiger partial charge is 0.490 e. The number of nitrogens with one attached hydrogen (secondary N) is 1. The van der Waals surface area contributed by atoms with E-state index in [1.54, 1.807) is 16.8 Å². The van der Waals surface area contributed by atoms with Crippen LogP contribution in [-0.4, -0.2) is 69.1 Å². The second-order valence-electron chi connectivity index (χ2n) is 8.53. The van der Waals surface area contributed by atoms with Crippen LogP contribution < -0.4 is 9.46 Å². The summed E-state index contributed by atoms with van der Waals surface area (Å²) in [6.07, 6.45) is 1.25. The lowest BCUT2D eigenvalue weighted by molar-refractivity contribution is -0.138. The van der Waals surface area contributed by atoms with Gasteiger partial charge in [-0.1, -0.05) is 30.3 Å². The second-order valence-corrected chi connectivity index (χ2v) is 10.4. The van der Waals surface area contributed by atoms with E-state index in [0.717, 1.165) is 11.8 Å². The Morgan fingerprint density at radius 3 is 2.47 bits per heavy atom. The average Bonchev–Trinajstić information content (AvgIpc) is 2.80.